The molecule has 6 heteroatoms. The molecule has 0 saturated heterocycles. The third-order valence-corrected chi connectivity index (χ3v) is 3.81. The van der Waals surface area contributed by atoms with Gasteiger partial charge in [-0.05, 0) is 31.0 Å². The molecule has 0 amide bonds. The van der Waals surface area contributed by atoms with E-state index in [1.807, 2.05) is 27.0 Å². The molecule has 1 aromatic carbocycles. The standard InChI is InChI=1S/C15H16ClFN4/c1-4-11-14-15(20(3)19-11)21(13(8-16)18-14)12-6-5-9(2)7-10(12)17/h5-7H,4,8H2,1-3H3. The van der Waals surface area contributed by atoms with Crippen molar-refractivity contribution >= 4 is 22.8 Å². The van der Waals surface area contributed by atoms with Crippen LogP contribution in [0.25, 0.3) is 16.9 Å². The van der Waals surface area contributed by atoms with E-state index in [2.05, 4.69) is 10.1 Å². The number of halogens is 2. The summed E-state index contributed by atoms with van der Waals surface area (Å²) >= 11 is 6.01. The summed E-state index contributed by atoms with van der Waals surface area (Å²) in [6.07, 6.45) is 0.770. The highest BCUT2D eigenvalue weighted by atomic mass is 35.5. The van der Waals surface area contributed by atoms with Crippen LogP contribution in [0.5, 0.6) is 0 Å². The zero-order valence-electron chi connectivity index (χ0n) is 12.2. The van der Waals surface area contributed by atoms with Crippen LogP contribution in [-0.4, -0.2) is 19.3 Å². The van der Waals surface area contributed by atoms with Crippen LogP contribution in [0.15, 0.2) is 18.2 Å². The lowest BCUT2D eigenvalue weighted by Gasteiger charge is -2.10. The molecule has 21 heavy (non-hydrogen) atoms. The van der Waals surface area contributed by atoms with Crippen LogP contribution in [0.2, 0.25) is 0 Å². The molecule has 0 radical (unpaired) electrons. The van der Waals surface area contributed by atoms with Crippen LogP contribution >= 0.6 is 11.6 Å². The van der Waals surface area contributed by atoms with Crippen LogP contribution < -0.4 is 0 Å². The molecule has 0 unspecified atom stereocenters. The third kappa shape index (κ3) is 2.12. The lowest BCUT2D eigenvalue weighted by atomic mass is 10.2. The summed E-state index contributed by atoms with van der Waals surface area (Å²) in [5.74, 6) is 0.544. The minimum atomic E-state index is -0.292. The van der Waals surface area contributed by atoms with Gasteiger partial charge in [-0.15, -0.1) is 11.6 Å². The molecule has 110 valence electrons. The van der Waals surface area contributed by atoms with Crippen molar-refractivity contribution in [3.63, 3.8) is 0 Å². The zero-order chi connectivity index (χ0) is 15.1. The van der Waals surface area contributed by atoms with E-state index < -0.39 is 0 Å². The average Bonchev–Trinajstić information content (AvgIpc) is 2.97. The Kier molecular flexibility index (Phi) is 3.45. The zero-order valence-corrected chi connectivity index (χ0v) is 12.9. The second-order valence-corrected chi connectivity index (χ2v) is 5.32. The maximum absolute atomic E-state index is 14.4. The maximum Gasteiger partial charge on any atom is 0.163 e. The fourth-order valence-electron chi connectivity index (χ4n) is 2.60. The van der Waals surface area contributed by atoms with Gasteiger partial charge in [0.15, 0.2) is 5.65 Å². The Morgan fingerprint density at radius 3 is 2.71 bits per heavy atom. The Morgan fingerprint density at radius 1 is 1.33 bits per heavy atom. The third-order valence-electron chi connectivity index (χ3n) is 3.57. The van der Waals surface area contributed by atoms with Crippen molar-refractivity contribution in [1.82, 2.24) is 19.3 Å². The highest BCUT2D eigenvalue weighted by molar-refractivity contribution is 6.17. The normalized spacial score (nSPS) is 11.5. The van der Waals surface area contributed by atoms with Gasteiger partial charge in [-0.25, -0.2) is 14.1 Å². The minimum absolute atomic E-state index is 0.213. The van der Waals surface area contributed by atoms with E-state index in [4.69, 9.17) is 11.6 Å². The lowest BCUT2D eigenvalue weighted by molar-refractivity contribution is 0.614. The van der Waals surface area contributed by atoms with Crippen molar-refractivity contribution in [3.05, 3.63) is 41.1 Å². The molecule has 0 spiro atoms. The Labute approximate surface area is 127 Å². The van der Waals surface area contributed by atoms with E-state index >= 15 is 0 Å². The summed E-state index contributed by atoms with van der Waals surface area (Å²) in [6.45, 7) is 3.88. The van der Waals surface area contributed by atoms with Crippen LogP contribution in [0.4, 0.5) is 4.39 Å². The van der Waals surface area contributed by atoms with Gasteiger partial charge < -0.3 is 0 Å². The van der Waals surface area contributed by atoms with Crippen molar-refractivity contribution in [2.75, 3.05) is 0 Å². The van der Waals surface area contributed by atoms with E-state index in [-0.39, 0.29) is 11.7 Å². The number of hydrogen-bond acceptors (Lipinski definition) is 2. The largest absolute Gasteiger partial charge is 0.277 e. The number of nitrogens with zero attached hydrogens (tertiary/aromatic N) is 4. The summed E-state index contributed by atoms with van der Waals surface area (Å²) in [5.41, 5.74) is 3.77. The highest BCUT2D eigenvalue weighted by Crippen LogP contribution is 2.26. The van der Waals surface area contributed by atoms with Gasteiger partial charge in [0.05, 0.1) is 17.3 Å². The molecule has 0 atom stereocenters. The molecule has 0 aliphatic heterocycles. The first-order chi connectivity index (χ1) is 10.1. The van der Waals surface area contributed by atoms with Gasteiger partial charge in [0.2, 0.25) is 0 Å². The van der Waals surface area contributed by atoms with Crippen LogP contribution in [-0.2, 0) is 19.3 Å². The van der Waals surface area contributed by atoms with Crippen LogP contribution in [0, 0.1) is 12.7 Å². The average molecular weight is 307 g/mol. The first kappa shape index (κ1) is 14.1. The fraction of sp³-hybridized carbons (Fsp3) is 0.333. The molecule has 2 heterocycles. The number of rotatable bonds is 3. The highest BCUT2D eigenvalue weighted by Gasteiger charge is 2.20. The van der Waals surface area contributed by atoms with Gasteiger partial charge in [0.1, 0.15) is 17.2 Å². The fourth-order valence-corrected chi connectivity index (χ4v) is 2.78. The molecule has 0 aliphatic rings. The summed E-state index contributed by atoms with van der Waals surface area (Å²) in [5, 5.41) is 4.44. The van der Waals surface area contributed by atoms with Gasteiger partial charge >= 0.3 is 0 Å². The van der Waals surface area contributed by atoms with Crippen molar-refractivity contribution in [2.45, 2.75) is 26.1 Å². The molecule has 4 nitrogen and oxygen atoms in total. The minimum Gasteiger partial charge on any atom is -0.277 e. The molecule has 0 aliphatic carbocycles. The van der Waals surface area contributed by atoms with E-state index in [0.29, 0.717) is 11.5 Å². The number of benzene rings is 1. The van der Waals surface area contributed by atoms with Crippen molar-refractivity contribution in [3.8, 4) is 5.69 Å². The van der Waals surface area contributed by atoms with Gasteiger partial charge in [-0.3, -0.25) is 4.57 Å². The molecule has 0 bridgehead atoms. The van der Waals surface area contributed by atoms with Gasteiger partial charge in [0, 0.05) is 7.05 Å². The molecule has 2 aromatic heterocycles. The molecular formula is C15H16ClFN4. The smallest absolute Gasteiger partial charge is 0.163 e. The first-order valence-corrected chi connectivity index (χ1v) is 7.36. The number of alkyl halides is 1. The van der Waals surface area contributed by atoms with E-state index in [1.54, 1.807) is 15.3 Å². The predicted molar refractivity (Wildman–Crippen MR) is 81.5 cm³/mol. The molecule has 3 aromatic rings. The quantitative estimate of drug-likeness (QED) is 0.694. The SMILES string of the molecule is CCc1nn(C)c2c1nc(CCl)n2-c1ccc(C)cc1F. The summed E-state index contributed by atoms with van der Waals surface area (Å²) in [7, 11) is 1.84. The predicted octanol–water partition coefficient (Wildman–Crippen LogP) is 3.51. The van der Waals surface area contributed by atoms with Gasteiger partial charge in [0.25, 0.3) is 0 Å². The number of hydrogen-bond donors (Lipinski definition) is 0. The summed E-state index contributed by atoms with van der Waals surface area (Å²) in [6, 6.07) is 5.14. The van der Waals surface area contributed by atoms with Gasteiger partial charge in [-0.2, -0.15) is 5.10 Å². The topological polar surface area (TPSA) is 35.6 Å². The summed E-state index contributed by atoms with van der Waals surface area (Å²) < 4.78 is 17.8. The van der Waals surface area contributed by atoms with Crippen molar-refractivity contribution < 1.29 is 4.39 Å². The van der Waals surface area contributed by atoms with E-state index in [1.165, 1.54) is 6.07 Å². The molecule has 0 fully saturated rings. The Balaban J connectivity index is 2.37. The molecule has 3 rings (SSSR count). The maximum atomic E-state index is 14.4. The van der Waals surface area contributed by atoms with Crippen LogP contribution in [0.3, 0.4) is 0 Å². The van der Waals surface area contributed by atoms with E-state index in [0.717, 1.165) is 28.8 Å². The number of aryl methyl sites for hydroxylation is 3. The number of aromatic nitrogens is 4. The van der Waals surface area contributed by atoms with Crippen molar-refractivity contribution in [1.29, 1.82) is 0 Å². The molecular weight excluding hydrogens is 291 g/mol. The Hall–Kier alpha value is -1.88. The van der Waals surface area contributed by atoms with Gasteiger partial charge in [-0.1, -0.05) is 13.0 Å². The van der Waals surface area contributed by atoms with Crippen molar-refractivity contribution in [2.24, 2.45) is 7.05 Å². The second kappa shape index (κ2) is 5.15. The van der Waals surface area contributed by atoms with Crippen LogP contribution in [0.1, 0.15) is 24.0 Å². The number of fused-ring (bicyclic) bond motifs is 1. The monoisotopic (exact) mass is 306 g/mol. The lowest BCUT2D eigenvalue weighted by Crippen LogP contribution is -2.06. The van der Waals surface area contributed by atoms with E-state index in [9.17, 15) is 4.39 Å². The number of imidazole rings is 1. The molecule has 0 N–H and O–H groups in total. The Bertz CT molecular complexity index is 819. The second-order valence-electron chi connectivity index (χ2n) is 5.05. The first-order valence-electron chi connectivity index (χ1n) is 6.82. The summed E-state index contributed by atoms with van der Waals surface area (Å²) in [4.78, 5) is 4.54. The Morgan fingerprint density at radius 2 is 2.10 bits per heavy atom. The molecule has 0 saturated carbocycles.